The molecule has 202 valence electrons. The van der Waals surface area contributed by atoms with Crippen molar-refractivity contribution in [3.05, 3.63) is 165 Å². The van der Waals surface area contributed by atoms with Gasteiger partial charge in [0, 0.05) is 11.9 Å². The molecule has 0 saturated carbocycles. The smallest absolute Gasteiger partial charge is 0.526 e. The normalized spacial score (nSPS) is 10.0. The second kappa shape index (κ2) is 14.8. The van der Waals surface area contributed by atoms with Crippen molar-refractivity contribution < 1.29 is 20.1 Å². The van der Waals surface area contributed by atoms with Crippen LogP contribution in [0.5, 0.6) is 0 Å². The number of aromatic nitrogens is 1. The predicted molar refractivity (Wildman–Crippen MR) is 168 cm³/mol. The van der Waals surface area contributed by atoms with Gasteiger partial charge in [-0.15, -0.1) is 47.5 Å². The van der Waals surface area contributed by atoms with Gasteiger partial charge in [-0.05, 0) is 47.6 Å². The van der Waals surface area contributed by atoms with E-state index >= 15 is 0 Å². The molecule has 0 radical (unpaired) electrons. The third-order valence-corrected chi connectivity index (χ3v) is 6.36. The number of hydrogen-bond acceptors (Lipinski definition) is 3. The maximum absolute atomic E-state index is 4.22. The fourth-order valence-electron chi connectivity index (χ4n) is 4.34. The molecular weight excluding hydrogens is 679 g/mol. The Kier molecular flexibility index (Phi) is 10.6. The number of rotatable bonds is 6. The first-order chi connectivity index (χ1) is 19.7. The Morgan fingerprint density at radius 1 is 0.634 bits per heavy atom. The topological polar surface area (TPSA) is 28.2 Å². The van der Waals surface area contributed by atoms with E-state index in [9.17, 15) is 0 Å². The van der Waals surface area contributed by atoms with Crippen LogP contribution in [0.2, 0.25) is 0 Å². The van der Waals surface area contributed by atoms with Crippen molar-refractivity contribution >= 4 is 17.1 Å². The van der Waals surface area contributed by atoms with Gasteiger partial charge in [0.1, 0.15) is 0 Å². The summed E-state index contributed by atoms with van der Waals surface area (Å²) in [7, 11) is 5.93. The van der Waals surface area contributed by atoms with E-state index in [-0.39, 0.29) is 20.1 Å². The van der Waals surface area contributed by atoms with Crippen molar-refractivity contribution in [3.63, 3.8) is 0 Å². The van der Waals surface area contributed by atoms with Gasteiger partial charge in [0.2, 0.25) is 0 Å². The van der Waals surface area contributed by atoms with Gasteiger partial charge >= 0.3 is 20.1 Å². The summed E-state index contributed by atoms with van der Waals surface area (Å²) < 4.78 is 0. The number of nitrogens with one attached hydrogen (secondary N) is 1. The molecule has 0 spiro atoms. The molecule has 1 N–H and O–H groups in total. The average Bonchev–Trinajstić information content (AvgIpc) is 3.03. The Morgan fingerprint density at radius 3 is 1.98 bits per heavy atom. The molecule has 0 amide bonds. The van der Waals surface area contributed by atoms with E-state index in [1.54, 1.807) is 6.20 Å². The van der Waals surface area contributed by atoms with Gasteiger partial charge in [0.15, 0.2) is 0 Å². The first-order valence-corrected chi connectivity index (χ1v) is 13.1. The zero-order valence-corrected chi connectivity index (χ0v) is 25.2. The Morgan fingerprint density at radius 2 is 1.29 bits per heavy atom. The van der Waals surface area contributed by atoms with Crippen LogP contribution >= 0.6 is 0 Å². The van der Waals surface area contributed by atoms with Gasteiger partial charge in [-0.3, -0.25) is 7.05 Å². The zero-order valence-electron chi connectivity index (χ0n) is 22.8. The van der Waals surface area contributed by atoms with E-state index in [0.29, 0.717) is 0 Å². The molecule has 6 aromatic rings. The van der Waals surface area contributed by atoms with Crippen LogP contribution in [-0.2, 0) is 20.1 Å². The largest absolute Gasteiger partial charge is 3.00 e. The van der Waals surface area contributed by atoms with Gasteiger partial charge in [-0.25, -0.2) is 0 Å². The van der Waals surface area contributed by atoms with E-state index in [4.69, 9.17) is 0 Å². The van der Waals surface area contributed by atoms with Crippen LogP contribution in [0.1, 0.15) is 0 Å². The molecule has 0 bridgehead atoms. The molecule has 0 atom stereocenters. The second-order valence-corrected chi connectivity index (χ2v) is 9.27. The van der Waals surface area contributed by atoms with E-state index in [1.165, 1.54) is 16.7 Å². The molecule has 0 aliphatic carbocycles. The fraction of sp³-hybridized carbons (Fsp3) is 0.0270. The van der Waals surface area contributed by atoms with E-state index < -0.39 is 0 Å². The third-order valence-electron chi connectivity index (χ3n) is 6.36. The summed E-state index contributed by atoms with van der Waals surface area (Å²) in [6, 6.07) is 53.5. The number of anilines is 3. The molecule has 0 aliphatic heterocycles. The second-order valence-electron chi connectivity index (χ2n) is 9.27. The van der Waals surface area contributed by atoms with Gasteiger partial charge in [0.25, 0.3) is 0 Å². The first kappa shape index (κ1) is 29.5. The Balaban J connectivity index is 0.000000249. The van der Waals surface area contributed by atoms with E-state index in [0.717, 1.165) is 33.9 Å². The summed E-state index contributed by atoms with van der Waals surface area (Å²) >= 11 is 0. The summed E-state index contributed by atoms with van der Waals surface area (Å²) in [5.41, 5.74) is 9.77. The maximum atomic E-state index is 4.22. The monoisotopic (exact) mass is 709 g/mol. The number of pyridine rings is 1. The SMILES string of the molecule is [CH2-]N(C)c1ccccc1Nc1[c-]ccc(-c2ccc(-c3ccccc3)cc2)c1.[Ir+3].[c-]1ccccc1-c1ccccn1. The van der Waals surface area contributed by atoms with Gasteiger partial charge in [-0.1, -0.05) is 84.6 Å². The van der Waals surface area contributed by atoms with Crippen molar-refractivity contribution in [3.8, 4) is 33.5 Å². The Hall–Kier alpha value is -4.50. The molecule has 5 aromatic carbocycles. The van der Waals surface area contributed by atoms with Crippen LogP contribution in [0.4, 0.5) is 17.1 Å². The number of benzene rings is 5. The number of hydrogen-bond donors (Lipinski definition) is 1. The first-order valence-electron chi connectivity index (χ1n) is 13.1. The molecule has 1 aromatic heterocycles. The molecule has 1 heterocycles. The summed E-state index contributed by atoms with van der Waals surface area (Å²) in [6.07, 6.45) is 1.79. The van der Waals surface area contributed by atoms with Crippen LogP contribution in [0.3, 0.4) is 0 Å². The van der Waals surface area contributed by atoms with Crippen LogP contribution in [-0.4, -0.2) is 12.0 Å². The van der Waals surface area contributed by atoms with Crippen molar-refractivity contribution in [2.24, 2.45) is 0 Å². The maximum Gasteiger partial charge on any atom is 3.00 e. The summed E-state index contributed by atoms with van der Waals surface area (Å²) in [5.74, 6) is 0. The fourth-order valence-corrected chi connectivity index (χ4v) is 4.34. The molecule has 0 unspecified atom stereocenters. The minimum absolute atomic E-state index is 0. The van der Waals surface area contributed by atoms with Crippen molar-refractivity contribution in [2.75, 3.05) is 17.3 Å². The summed E-state index contributed by atoms with van der Waals surface area (Å²) in [4.78, 5) is 6.07. The van der Waals surface area contributed by atoms with Crippen LogP contribution in [0.15, 0.2) is 146 Å². The molecule has 0 saturated heterocycles. The standard InChI is InChI=1S/C26H22N2.C11H8N.Ir/c1-28(2)26-14-7-6-13-25(26)27-24-12-8-11-23(19-24)22-17-15-21(16-18-22)20-9-4-3-5-10-20;1-2-6-10(7-3-1)11-8-4-5-9-12-11;/h3-11,13-19,27H,1H2,2H3;1-6,8-9H;/q-2;-1;+3. The Labute approximate surface area is 256 Å². The van der Waals surface area contributed by atoms with Crippen molar-refractivity contribution in [1.29, 1.82) is 0 Å². The van der Waals surface area contributed by atoms with Crippen LogP contribution in [0.25, 0.3) is 33.5 Å². The third kappa shape index (κ3) is 8.02. The Bertz CT molecular complexity index is 1580. The minimum atomic E-state index is 0. The summed E-state index contributed by atoms with van der Waals surface area (Å²) in [6.45, 7) is 0. The number of para-hydroxylation sites is 2. The quantitative estimate of drug-likeness (QED) is 0.175. The van der Waals surface area contributed by atoms with Crippen molar-refractivity contribution in [1.82, 2.24) is 4.98 Å². The van der Waals surface area contributed by atoms with Gasteiger partial charge in [0.05, 0.1) is 5.69 Å². The van der Waals surface area contributed by atoms with Crippen LogP contribution < -0.4 is 10.2 Å². The molecule has 0 aliphatic rings. The van der Waals surface area contributed by atoms with Gasteiger partial charge < -0.3 is 15.2 Å². The molecule has 41 heavy (non-hydrogen) atoms. The van der Waals surface area contributed by atoms with E-state index in [2.05, 4.69) is 90.1 Å². The molecular formula is C37H30IrN3. The van der Waals surface area contributed by atoms with E-state index in [1.807, 2.05) is 90.8 Å². The van der Waals surface area contributed by atoms with Crippen LogP contribution in [0, 0.1) is 19.2 Å². The summed E-state index contributed by atoms with van der Waals surface area (Å²) in [5, 5.41) is 3.46. The predicted octanol–water partition coefficient (Wildman–Crippen LogP) is 9.34. The molecule has 6 rings (SSSR count). The van der Waals surface area contributed by atoms with Gasteiger partial charge in [-0.2, -0.15) is 18.2 Å². The van der Waals surface area contributed by atoms with Crippen molar-refractivity contribution in [2.45, 2.75) is 0 Å². The molecule has 3 nitrogen and oxygen atoms in total. The molecule has 0 fully saturated rings. The molecule has 4 heteroatoms. The number of nitrogens with zero attached hydrogens (tertiary/aromatic N) is 2. The zero-order chi connectivity index (χ0) is 27.6. The average molecular weight is 709 g/mol. The minimum Gasteiger partial charge on any atom is -0.526 e.